The molecule has 4 atom stereocenters. The fourth-order valence-electron chi connectivity index (χ4n) is 2.30. The van der Waals surface area contributed by atoms with Gasteiger partial charge in [-0.1, -0.05) is 6.92 Å². The minimum absolute atomic E-state index is 0.0869. The predicted octanol–water partition coefficient (Wildman–Crippen LogP) is 2.93. The van der Waals surface area contributed by atoms with E-state index in [1.165, 1.54) is 0 Å². The molecule has 18 heavy (non-hydrogen) atoms. The normalized spacial score (nSPS) is 24.7. The van der Waals surface area contributed by atoms with Crippen molar-refractivity contribution < 1.29 is 9.53 Å². The van der Waals surface area contributed by atoms with Gasteiger partial charge in [-0.25, -0.2) is 0 Å². The number of cyclic esters (lactones) is 1. The summed E-state index contributed by atoms with van der Waals surface area (Å²) in [5, 5.41) is 3.44. The van der Waals surface area contributed by atoms with Crippen LogP contribution in [0.1, 0.15) is 39.5 Å². The van der Waals surface area contributed by atoms with Crippen LogP contribution in [0.5, 0.6) is 0 Å². The first-order chi connectivity index (χ1) is 8.56. The molecule has 1 heterocycles. The number of ether oxygens (including phenoxy) is 1. The molecular weight excluding hydrogens is 273 g/mol. The molecule has 0 aliphatic carbocycles. The van der Waals surface area contributed by atoms with E-state index in [1.54, 1.807) is 0 Å². The predicted molar refractivity (Wildman–Crippen MR) is 75.3 cm³/mol. The molecule has 5 heteroatoms. The zero-order valence-electron chi connectivity index (χ0n) is 11.1. The van der Waals surface area contributed by atoms with Crippen molar-refractivity contribution in [2.24, 2.45) is 5.92 Å². The lowest BCUT2D eigenvalue weighted by Crippen LogP contribution is -2.34. The summed E-state index contributed by atoms with van der Waals surface area (Å²) < 4.78 is 4.89. The summed E-state index contributed by atoms with van der Waals surface area (Å²) in [7, 11) is 0. The summed E-state index contributed by atoms with van der Waals surface area (Å²) >= 11 is 12.4. The number of hydrogen-bond donors (Lipinski definition) is 1. The second-order valence-electron chi connectivity index (χ2n) is 4.87. The summed E-state index contributed by atoms with van der Waals surface area (Å²) in [6, 6.07) is -0.116. The van der Waals surface area contributed by atoms with Crippen LogP contribution in [0.25, 0.3) is 0 Å². The number of alkyl halides is 2. The molecule has 4 unspecified atom stereocenters. The van der Waals surface area contributed by atoms with Gasteiger partial charge in [-0.15, -0.1) is 23.2 Å². The Morgan fingerprint density at radius 2 is 2.22 bits per heavy atom. The van der Waals surface area contributed by atoms with Gasteiger partial charge in [0.05, 0.1) is 6.61 Å². The molecule has 0 aromatic heterocycles. The molecule has 1 fully saturated rings. The highest BCUT2D eigenvalue weighted by Gasteiger charge is 2.26. The monoisotopic (exact) mass is 295 g/mol. The van der Waals surface area contributed by atoms with Gasteiger partial charge in [0.25, 0.3) is 0 Å². The van der Waals surface area contributed by atoms with Crippen LogP contribution in [0, 0.1) is 5.92 Å². The maximum absolute atomic E-state index is 11.2. The van der Waals surface area contributed by atoms with Crippen molar-refractivity contribution >= 4 is 29.2 Å². The fourth-order valence-corrected chi connectivity index (χ4v) is 3.02. The molecule has 1 saturated heterocycles. The molecule has 0 aromatic carbocycles. The number of rotatable bonds is 8. The van der Waals surface area contributed by atoms with Crippen LogP contribution in [0.15, 0.2) is 0 Å². The molecule has 0 aromatic rings. The summed E-state index contributed by atoms with van der Waals surface area (Å²) in [4.78, 5) is 11.2. The van der Waals surface area contributed by atoms with E-state index in [2.05, 4.69) is 12.2 Å². The van der Waals surface area contributed by atoms with Gasteiger partial charge in [0, 0.05) is 17.2 Å². The summed E-state index contributed by atoms with van der Waals surface area (Å²) in [5.74, 6) is 0.205. The maximum atomic E-state index is 11.2. The van der Waals surface area contributed by atoms with Gasteiger partial charge in [0.15, 0.2) is 0 Å². The van der Waals surface area contributed by atoms with Gasteiger partial charge in [-0.05, 0) is 38.6 Å². The number of nitrogens with one attached hydrogen (secondary N) is 1. The highest BCUT2D eigenvalue weighted by molar-refractivity contribution is 6.23. The van der Waals surface area contributed by atoms with E-state index >= 15 is 0 Å². The smallest absolute Gasteiger partial charge is 0.323 e. The van der Waals surface area contributed by atoms with Gasteiger partial charge in [-0.3, -0.25) is 4.79 Å². The van der Waals surface area contributed by atoms with Crippen LogP contribution in [-0.4, -0.2) is 35.9 Å². The second-order valence-corrected chi connectivity index (χ2v) is 6.12. The molecular formula is C13H23Cl2NO2. The quantitative estimate of drug-likeness (QED) is 0.425. The zero-order chi connectivity index (χ0) is 13.5. The maximum Gasteiger partial charge on any atom is 0.323 e. The Morgan fingerprint density at radius 1 is 1.50 bits per heavy atom. The Balaban J connectivity index is 2.20. The van der Waals surface area contributed by atoms with Crippen LogP contribution in [0.3, 0.4) is 0 Å². The average Bonchev–Trinajstić information content (AvgIpc) is 2.73. The molecule has 0 amide bonds. The molecule has 1 rings (SSSR count). The van der Waals surface area contributed by atoms with Gasteiger partial charge in [0.2, 0.25) is 0 Å². The van der Waals surface area contributed by atoms with E-state index < -0.39 is 0 Å². The third kappa shape index (κ3) is 4.94. The topological polar surface area (TPSA) is 38.3 Å². The molecule has 3 nitrogen and oxygen atoms in total. The zero-order valence-corrected chi connectivity index (χ0v) is 12.6. The number of esters is 1. The van der Waals surface area contributed by atoms with E-state index in [9.17, 15) is 4.79 Å². The van der Waals surface area contributed by atoms with E-state index in [0.29, 0.717) is 12.5 Å². The van der Waals surface area contributed by atoms with E-state index in [1.807, 2.05) is 6.92 Å². The van der Waals surface area contributed by atoms with Crippen LogP contribution >= 0.6 is 23.2 Å². The molecule has 1 aliphatic rings. The summed E-state index contributed by atoms with van der Waals surface area (Å²) in [6.07, 6.45) is 3.68. The average molecular weight is 296 g/mol. The number of hydrogen-bond acceptors (Lipinski definition) is 3. The van der Waals surface area contributed by atoms with Crippen molar-refractivity contribution in [1.29, 1.82) is 0 Å². The van der Waals surface area contributed by atoms with Crippen molar-refractivity contribution in [3.63, 3.8) is 0 Å². The fraction of sp³-hybridized carbons (Fsp3) is 0.923. The second kappa shape index (κ2) is 8.23. The molecule has 106 valence electrons. The number of halogens is 2. The highest BCUT2D eigenvalue weighted by Crippen LogP contribution is 2.26. The third-order valence-electron chi connectivity index (χ3n) is 3.48. The van der Waals surface area contributed by atoms with Crippen LogP contribution in [0.2, 0.25) is 0 Å². The van der Waals surface area contributed by atoms with Crippen molar-refractivity contribution in [2.45, 2.75) is 56.3 Å². The first-order valence-corrected chi connectivity index (χ1v) is 7.61. The Morgan fingerprint density at radius 3 is 2.72 bits per heavy atom. The van der Waals surface area contributed by atoms with Crippen molar-refractivity contribution in [3.05, 3.63) is 0 Å². The Bertz CT molecular complexity index is 261. The lowest BCUT2D eigenvalue weighted by Gasteiger charge is -2.23. The standard InChI is InChI=1S/C13H23Cl2NO2/c1-3-11(15)10(9(2)14)5-4-7-16-12-6-8-18-13(12)17/h9-12,16H,3-8H2,1-2H3. The van der Waals surface area contributed by atoms with Gasteiger partial charge >= 0.3 is 5.97 Å². The molecule has 1 N–H and O–H groups in total. The van der Waals surface area contributed by atoms with Crippen LogP contribution in [-0.2, 0) is 9.53 Å². The first-order valence-electron chi connectivity index (χ1n) is 6.74. The van der Waals surface area contributed by atoms with Crippen molar-refractivity contribution in [2.75, 3.05) is 13.2 Å². The van der Waals surface area contributed by atoms with E-state index in [4.69, 9.17) is 27.9 Å². The molecule has 0 spiro atoms. The Hall–Kier alpha value is 0.01000. The van der Waals surface area contributed by atoms with Gasteiger partial charge in [-0.2, -0.15) is 0 Å². The van der Waals surface area contributed by atoms with Gasteiger partial charge in [0.1, 0.15) is 6.04 Å². The van der Waals surface area contributed by atoms with Crippen molar-refractivity contribution in [1.82, 2.24) is 5.32 Å². The molecule has 0 radical (unpaired) electrons. The summed E-state index contributed by atoms with van der Waals surface area (Å²) in [6.45, 7) is 5.43. The molecule has 1 aliphatic heterocycles. The minimum atomic E-state index is -0.124. The summed E-state index contributed by atoms with van der Waals surface area (Å²) in [5.41, 5.74) is 0. The Labute approximate surface area is 120 Å². The van der Waals surface area contributed by atoms with Crippen LogP contribution < -0.4 is 5.32 Å². The molecule has 0 saturated carbocycles. The van der Waals surface area contributed by atoms with E-state index in [0.717, 1.165) is 32.2 Å². The minimum Gasteiger partial charge on any atom is -0.464 e. The Kier molecular flexibility index (Phi) is 7.35. The van der Waals surface area contributed by atoms with Crippen molar-refractivity contribution in [3.8, 4) is 0 Å². The lowest BCUT2D eigenvalue weighted by atomic mass is 9.94. The number of carbonyl (C=O) groups excluding carboxylic acids is 1. The number of carbonyl (C=O) groups is 1. The first kappa shape index (κ1) is 16.1. The third-order valence-corrected chi connectivity index (χ3v) is 4.44. The SMILES string of the molecule is CCC(Cl)C(CCCNC1CCOC1=O)C(C)Cl. The van der Waals surface area contributed by atoms with Crippen LogP contribution in [0.4, 0.5) is 0 Å². The largest absolute Gasteiger partial charge is 0.464 e. The highest BCUT2D eigenvalue weighted by atomic mass is 35.5. The lowest BCUT2D eigenvalue weighted by molar-refractivity contribution is -0.139. The van der Waals surface area contributed by atoms with Gasteiger partial charge < -0.3 is 10.1 Å². The molecule has 0 bridgehead atoms. The van der Waals surface area contributed by atoms with E-state index in [-0.39, 0.29) is 22.8 Å².